The van der Waals surface area contributed by atoms with Crippen molar-refractivity contribution in [2.24, 2.45) is 0 Å². The minimum Gasteiger partial charge on any atom is -0.494 e. The average Bonchev–Trinajstić information content (AvgIpc) is 2.25. The maximum Gasteiger partial charge on any atom is 0.119 e. The lowest BCUT2D eigenvalue weighted by molar-refractivity contribution is 0.207. The van der Waals surface area contributed by atoms with Crippen molar-refractivity contribution >= 4 is 0 Å². The zero-order valence-corrected chi connectivity index (χ0v) is 10.1. The summed E-state index contributed by atoms with van der Waals surface area (Å²) in [6.45, 7) is 4.67. The van der Waals surface area contributed by atoms with Crippen LogP contribution in [0.25, 0.3) is 0 Å². The predicted molar refractivity (Wildman–Crippen MR) is 65.9 cm³/mol. The van der Waals surface area contributed by atoms with Gasteiger partial charge in [-0.2, -0.15) is 0 Å². The van der Waals surface area contributed by atoms with Crippen LogP contribution in [-0.2, 0) is 0 Å². The van der Waals surface area contributed by atoms with Crippen LogP contribution >= 0.6 is 0 Å². The second kappa shape index (κ2) is 7.25. The molecule has 90 valence electrons. The number of nitrogens with zero attached hydrogens (tertiary/aromatic N) is 1. The first-order chi connectivity index (χ1) is 7.72. The summed E-state index contributed by atoms with van der Waals surface area (Å²) < 4.78 is 5.63. The van der Waals surface area contributed by atoms with Crippen molar-refractivity contribution in [2.45, 2.75) is 13.3 Å². The van der Waals surface area contributed by atoms with Gasteiger partial charge in [-0.3, -0.25) is 0 Å². The lowest BCUT2D eigenvalue weighted by Crippen LogP contribution is -2.24. The van der Waals surface area contributed by atoms with Gasteiger partial charge in [0.2, 0.25) is 0 Å². The molecule has 1 rings (SSSR count). The zero-order valence-electron chi connectivity index (χ0n) is 10.1. The highest BCUT2D eigenvalue weighted by atomic mass is 16.5. The summed E-state index contributed by atoms with van der Waals surface area (Å²) in [5, 5.41) is 8.73. The average molecular weight is 223 g/mol. The molecule has 0 atom stereocenters. The highest BCUT2D eigenvalue weighted by Gasteiger charge is 1.97. The van der Waals surface area contributed by atoms with Crippen LogP contribution in [0, 0.1) is 6.92 Å². The van der Waals surface area contributed by atoms with Crippen molar-refractivity contribution in [3.63, 3.8) is 0 Å². The molecule has 1 aromatic rings. The van der Waals surface area contributed by atoms with E-state index in [-0.39, 0.29) is 6.61 Å². The quantitative estimate of drug-likeness (QED) is 0.714. The fourth-order valence-corrected chi connectivity index (χ4v) is 1.51. The van der Waals surface area contributed by atoms with E-state index < -0.39 is 0 Å². The predicted octanol–water partition coefficient (Wildman–Crippen LogP) is 1.69. The van der Waals surface area contributed by atoms with E-state index in [2.05, 4.69) is 17.9 Å². The molecule has 0 unspecified atom stereocenters. The molecule has 0 aromatic heterocycles. The van der Waals surface area contributed by atoms with Crippen molar-refractivity contribution in [2.75, 3.05) is 33.4 Å². The molecule has 16 heavy (non-hydrogen) atoms. The maximum absolute atomic E-state index is 8.73. The van der Waals surface area contributed by atoms with Crippen molar-refractivity contribution in [1.29, 1.82) is 0 Å². The summed E-state index contributed by atoms with van der Waals surface area (Å²) in [4.78, 5) is 2.10. The largest absolute Gasteiger partial charge is 0.494 e. The fourth-order valence-electron chi connectivity index (χ4n) is 1.51. The van der Waals surface area contributed by atoms with Crippen LogP contribution in [0.3, 0.4) is 0 Å². The van der Waals surface area contributed by atoms with E-state index in [1.807, 2.05) is 25.2 Å². The van der Waals surface area contributed by atoms with Crippen LogP contribution in [0.5, 0.6) is 5.75 Å². The lowest BCUT2D eigenvalue weighted by Gasteiger charge is -2.14. The van der Waals surface area contributed by atoms with Gasteiger partial charge in [-0.15, -0.1) is 0 Å². The van der Waals surface area contributed by atoms with Crippen LogP contribution in [0.4, 0.5) is 0 Å². The Bertz CT molecular complexity index is 302. The molecule has 0 amide bonds. The first-order valence-corrected chi connectivity index (χ1v) is 5.71. The third-order valence-electron chi connectivity index (χ3n) is 2.42. The van der Waals surface area contributed by atoms with Crippen molar-refractivity contribution < 1.29 is 9.84 Å². The van der Waals surface area contributed by atoms with Crippen molar-refractivity contribution in [1.82, 2.24) is 4.90 Å². The molecule has 0 radical (unpaired) electrons. The summed E-state index contributed by atoms with van der Waals surface area (Å²) in [5.41, 5.74) is 1.22. The van der Waals surface area contributed by atoms with Crippen LogP contribution in [0.1, 0.15) is 12.0 Å². The molecule has 1 aromatic carbocycles. The Labute approximate surface area is 97.7 Å². The summed E-state index contributed by atoms with van der Waals surface area (Å²) in [6.07, 6.45) is 0.977. The van der Waals surface area contributed by atoms with E-state index in [4.69, 9.17) is 9.84 Å². The van der Waals surface area contributed by atoms with Gasteiger partial charge in [-0.1, -0.05) is 12.1 Å². The Kier molecular flexibility index (Phi) is 5.90. The van der Waals surface area contributed by atoms with Gasteiger partial charge >= 0.3 is 0 Å². The molecule has 0 aliphatic rings. The number of rotatable bonds is 7. The van der Waals surface area contributed by atoms with Crippen LogP contribution in [-0.4, -0.2) is 43.4 Å². The third kappa shape index (κ3) is 5.14. The molecule has 0 heterocycles. The fraction of sp³-hybridized carbons (Fsp3) is 0.538. The van der Waals surface area contributed by atoms with E-state index in [0.29, 0.717) is 0 Å². The van der Waals surface area contributed by atoms with Gasteiger partial charge in [0.1, 0.15) is 5.75 Å². The summed E-state index contributed by atoms with van der Waals surface area (Å²) in [6, 6.07) is 8.08. The van der Waals surface area contributed by atoms with Crippen LogP contribution in [0.15, 0.2) is 24.3 Å². The zero-order chi connectivity index (χ0) is 11.8. The number of benzene rings is 1. The van der Waals surface area contributed by atoms with Crippen LogP contribution in [0.2, 0.25) is 0 Å². The highest BCUT2D eigenvalue weighted by Crippen LogP contribution is 2.12. The SMILES string of the molecule is Cc1cccc(OCCCN(C)CCO)c1. The van der Waals surface area contributed by atoms with Gasteiger partial charge in [0.25, 0.3) is 0 Å². The van der Waals surface area contributed by atoms with E-state index >= 15 is 0 Å². The summed E-state index contributed by atoms with van der Waals surface area (Å²) >= 11 is 0. The number of hydrogen-bond donors (Lipinski definition) is 1. The summed E-state index contributed by atoms with van der Waals surface area (Å²) in [5.74, 6) is 0.935. The molecule has 3 heteroatoms. The normalized spacial score (nSPS) is 10.8. The minimum atomic E-state index is 0.217. The second-order valence-electron chi connectivity index (χ2n) is 4.05. The lowest BCUT2D eigenvalue weighted by atomic mass is 10.2. The molecule has 0 aliphatic heterocycles. The number of ether oxygens (including phenoxy) is 1. The topological polar surface area (TPSA) is 32.7 Å². The van der Waals surface area contributed by atoms with E-state index in [1.54, 1.807) is 0 Å². The van der Waals surface area contributed by atoms with E-state index in [0.717, 1.165) is 31.9 Å². The van der Waals surface area contributed by atoms with Gasteiger partial charge in [0.15, 0.2) is 0 Å². The number of likely N-dealkylation sites (N-methyl/N-ethyl adjacent to an activating group) is 1. The number of hydrogen-bond acceptors (Lipinski definition) is 3. The van der Waals surface area contributed by atoms with Crippen molar-refractivity contribution in [3.8, 4) is 5.75 Å². The number of aliphatic hydroxyl groups is 1. The van der Waals surface area contributed by atoms with Crippen LogP contribution < -0.4 is 4.74 Å². The molecule has 0 fully saturated rings. The van der Waals surface area contributed by atoms with Gasteiger partial charge in [-0.25, -0.2) is 0 Å². The highest BCUT2D eigenvalue weighted by molar-refractivity contribution is 5.27. The van der Waals surface area contributed by atoms with Gasteiger partial charge in [0, 0.05) is 13.1 Å². The standard InChI is InChI=1S/C13H21NO2/c1-12-5-3-6-13(11-12)16-10-4-7-14(2)8-9-15/h3,5-6,11,15H,4,7-10H2,1-2H3. The first-order valence-electron chi connectivity index (χ1n) is 5.71. The molecule has 1 N–H and O–H groups in total. The molecule has 0 aliphatic carbocycles. The number of aryl methyl sites for hydroxylation is 1. The molecule has 0 saturated heterocycles. The Morgan fingerprint density at radius 3 is 2.81 bits per heavy atom. The monoisotopic (exact) mass is 223 g/mol. The molecule has 3 nitrogen and oxygen atoms in total. The molecule has 0 bridgehead atoms. The van der Waals surface area contributed by atoms with E-state index in [9.17, 15) is 0 Å². The molecule has 0 saturated carbocycles. The smallest absolute Gasteiger partial charge is 0.119 e. The number of aliphatic hydroxyl groups excluding tert-OH is 1. The second-order valence-corrected chi connectivity index (χ2v) is 4.05. The minimum absolute atomic E-state index is 0.217. The Hall–Kier alpha value is -1.06. The van der Waals surface area contributed by atoms with Gasteiger partial charge in [-0.05, 0) is 38.1 Å². The third-order valence-corrected chi connectivity index (χ3v) is 2.42. The molecular formula is C13H21NO2. The van der Waals surface area contributed by atoms with Gasteiger partial charge in [0.05, 0.1) is 13.2 Å². The Morgan fingerprint density at radius 1 is 1.31 bits per heavy atom. The maximum atomic E-state index is 8.73. The first kappa shape index (κ1) is 13.0. The molecule has 0 spiro atoms. The van der Waals surface area contributed by atoms with E-state index in [1.165, 1.54) is 5.56 Å². The van der Waals surface area contributed by atoms with Crippen molar-refractivity contribution in [3.05, 3.63) is 29.8 Å². The molecular weight excluding hydrogens is 202 g/mol. The Morgan fingerprint density at radius 2 is 2.12 bits per heavy atom. The Balaban J connectivity index is 2.16. The summed E-state index contributed by atoms with van der Waals surface area (Å²) in [7, 11) is 2.00. The van der Waals surface area contributed by atoms with Gasteiger partial charge < -0.3 is 14.7 Å².